The molecule has 4 rings (SSSR count). The molecule has 1 heterocycles. The number of nitrogens with one attached hydrogen (secondary N) is 1. The van der Waals surface area contributed by atoms with Gasteiger partial charge in [-0.1, -0.05) is 60.3 Å². The Hall–Kier alpha value is -3.52. The van der Waals surface area contributed by atoms with Crippen LogP contribution in [0.3, 0.4) is 0 Å². The molecule has 0 aliphatic rings. The lowest BCUT2D eigenvalue weighted by atomic mass is 10.1. The third-order valence-corrected chi connectivity index (χ3v) is 5.82. The zero-order chi connectivity index (χ0) is 22.7. The predicted octanol–water partition coefficient (Wildman–Crippen LogP) is 5.56. The average molecular weight is 451 g/mol. The van der Waals surface area contributed by atoms with Crippen LogP contribution >= 0.6 is 11.8 Å². The molecule has 1 amide bonds. The number of anilines is 1. The number of aryl methyl sites for hydroxylation is 2. The van der Waals surface area contributed by atoms with Crippen LogP contribution in [0.4, 0.5) is 14.5 Å². The molecule has 32 heavy (non-hydrogen) atoms. The molecule has 0 unspecified atom stereocenters. The standard InChI is InChI=1S/C24H20F2N4OS/c1-15-7-6-8-16(2)22(15)27-21(31)14-32-24-29-28-23(17-9-4-3-5-10-17)30(24)20-12-11-18(25)13-19(20)26/h3-13H,14H2,1-2H3,(H,27,31). The summed E-state index contributed by atoms with van der Waals surface area (Å²) < 4.78 is 29.7. The Morgan fingerprint density at radius 2 is 1.69 bits per heavy atom. The van der Waals surface area contributed by atoms with Crippen molar-refractivity contribution in [2.45, 2.75) is 19.0 Å². The van der Waals surface area contributed by atoms with Crippen molar-refractivity contribution in [3.05, 3.63) is 89.5 Å². The number of amides is 1. The molecule has 162 valence electrons. The van der Waals surface area contributed by atoms with Gasteiger partial charge in [0.1, 0.15) is 11.6 Å². The smallest absolute Gasteiger partial charge is 0.234 e. The molecule has 8 heteroatoms. The minimum absolute atomic E-state index is 0.0451. The molecule has 0 saturated heterocycles. The number of carbonyl (C=O) groups is 1. The lowest BCUT2D eigenvalue weighted by Crippen LogP contribution is -2.16. The van der Waals surface area contributed by atoms with Crippen LogP contribution in [0, 0.1) is 25.5 Å². The first-order valence-electron chi connectivity index (χ1n) is 9.89. The van der Waals surface area contributed by atoms with Gasteiger partial charge in [-0.2, -0.15) is 0 Å². The number of rotatable bonds is 6. The van der Waals surface area contributed by atoms with Crippen LogP contribution in [0.1, 0.15) is 11.1 Å². The molecular weight excluding hydrogens is 430 g/mol. The van der Waals surface area contributed by atoms with Crippen LogP contribution in [0.5, 0.6) is 0 Å². The van der Waals surface area contributed by atoms with E-state index >= 15 is 0 Å². The molecule has 0 spiro atoms. The molecule has 5 nitrogen and oxygen atoms in total. The zero-order valence-corrected chi connectivity index (χ0v) is 18.3. The average Bonchev–Trinajstić information content (AvgIpc) is 3.19. The number of aromatic nitrogens is 3. The maximum absolute atomic E-state index is 14.7. The fraction of sp³-hybridized carbons (Fsp3) is 0.125. The van der Waals surface area contributed by atoms with E-state index in [0.29, 0.717) is 11.0 Å². The van der Waals surface area contributed by atoms with Crippen LogP contribution in [-0.4, -0.2) is 26.4 Å². The minimum atomic E-state index is -0.746. The van der Waals surface area contributed by atoms with E-state index in [0.717, 1.165) is 40.2 Å². The topological polar surface area (TPSA) is 59.8 Å². The normalized spacial score (nSPS) is 10.9. The second-order valence-electron chi connectivity index (χ2n) is 7.21. The highest BCUT2D eigenvalue weighted by molar-refractivity contribution is 7.99. The van der Waals surface area contributed by atoms with Crippen molar-refractivity contribution in [3.8, 4) is 17.1 Å². The first-order valence-corrected chi connectivity index (χ1v) is 10.9. The van der Waals surface area contributed by atoms with Gasteiger partial charge in [0.05, 0.1) is 11.4 Å². The number of thioether (sulfide) groups is 1. The van der Waals surface area contributed by atoms with Crippen LogP contribution in [0.2, 0.25) is 0 Å². The Balaban J connectivity index is 1.64. The number of hydrogen-bond acceptors (Lipinski definition) is 4. The Kier molecular flexibility index (Phi) is 6.32. The molecule has 0 bridgehead atoms. The van der Waals surface area contributed by atoms with Crippen molar-refractivity contribution in [1.82, 2.24) is 14.8 Å². The van der Waals surface area contributed by atoms with E-state index in [2.05, 4.69) is 15.5 Å². The second kappa shape index (κ2) is 9.32. The molecule has 0 aliphatic carbocycles. The third kappa shape index (κ3) is 4.55. The van der Waals surface area contributed by atoms with E-state index in [1.165, 1.54) is 16.7 Å². The summed E-state index contributed by atoms with van der Waals surface area (Å²) in [5.74, 6) is -1.20. The van der Waals surface area contributed by atoms with Gasteiger partial charge in [-0.25, -0.2) is 8.78 Å². The number of benzene rings is 3. The summed E-state index contributed by atoms with van der Waals surface area (Å²) in [7, 11) is 0. The van der Waals surface area contributed by atoms with Crippen molar-refractivity contribution in [1.29, 1.82) is 0 Å². The van der Waals surface area contributed by atoms with Gasteiger partial charge in [0.25, 0.3) is 0 Å². The highest BCUT2D eigenvalue weighted by Gasteiger charge is 2.20. The van der Waals surface area contributed by atoms with Gasteiger partial charge in [-0.15, -0.1) is 10.2 Å². The lowest BCUT2D eigenvalue weighted by molar-refractivity contribution is -0.113. The Bertz CT molecular complexity index is 1250. The number of carbonyl (C=O) groups excluding carboxylic acids is 1. The minimum Gasteiger partial charge on any atom is -0.325 e. The quantitative estimate of drug-likeness (QED) is 0.391. The predicted molar refractivity (Wildman–Crippen MR) is 122 cm³/mol. The zero-order valence-electron chi connectivity index (χ0n) is 17.5. The van der Waals surface area contributed by atoms with E-state index in [9.17, 15) is 13.6 Å². The number of halogens is 2. The van der Waals surface area contributed by atoms with E-state index in [1.54, 1.807) is 0 Å². The maximum Gasteiger partial charge on any atom is 0.234 e. The van der Waals surface area contributed by atoms with Crippen molar-refractivity contribution >= 4 is 23.4 Å². The molecule has 1 aromatic heterocycles. The molecule has 1 N–H and O–H groups in total. The third-order valence-electron chi connectivity index (χ3n) is 4.89. The van der Waals surface area contributed by atoms with Crippen molar-refractivity contribution < 1.29 is 13.6 Å². The summed E-state index contributed by atoms with van der Waals surface area (Å²) in [6.07, 6.45) is 0. The van der Waals surface area contributed by atoms with Gasteiger partial charge >= 0.3 is 0 Å². The molecule has 0 fully saturated rings. The van der Waals surface area contributed by atoms with Crippen LogP contribution in [0.15, 0.2) is 71.9 Å². The Morgan fingerprint density at radius 1 is 0.969 bits per heavy atom. The molecule has 0 radical (unpaired) electrons. The van der Waals surface area contributed by atoms with E-state index < -0.39 is 11.6 Å². The monoisotopic (exact) mass is 450 g/mol. The largest absolute Gasteiger partial charge is 0.325 e. The Labute approximate surface area is 188 Å². The van der Waals surface area contributed by atoms with Crippen molar-refractivity contribution in [2.75, 3.05) is 11.1 Å². The number of para-hydroxylation sites is 1. The van der Waals surface area contributed by atoms with Crippen LogP contribution < -0.4 is 5.32 Å². The van der Waals surface area contributed by atoms with E-state index in [1.807, 2.05) is 62.4 Å². The second-order valence-corrected chi connectivity index (χ2v) is 8.15. The number of nitrogens with zero attached hydrogens (tertiary/aromatic N) is 3. The van der Waals surface area contributed by atoms with Crippen LogP contribution in [0.25, 0.3) is 17.1 Å². The summed E-state index contributed by atoms with van der Waals surface area (Å²) in [6, 6.07) is 18.3. The fourth-order valence-electron chi connectivity index (χ4n) is 3.33. The molecule has 0 saturated carbocycles. The summed E-state index contributed by atoms with van der Waals surface area (Å²) in [6.45, 7) is 3.85. The molecule has 0 atom stereocenters. The summed E-state index contributed by atoms with van der Waals surface area (Å²) in [5.41, 5.74) is 3.52. The summed E-state index contributed by atoms with van der Waals surface area (Å²) in [4.78, 5) is 12.6. The van der Waals surface area contributed by atoms with Gasteiger partial charge in [0, 0.05) is 17.3 Å². The lowest BCUT2D eigenvalue weighted by Gasteiger charge is -2.13. The van der Waals surface area contributed by atoms with Crippen molar-refractivity contribution in [3.63, 3.8) is 0 Å². The highest BCUT2D eigenvalue weighted by Crippen LogP contribution is 2.30. The molecular formula is C24H20F2N4OS. The molecule has 0 aliphatic heterocycles. The Morgan fingerprint density at radius 3 is 2.38 bits per heavy atom. The van der Waals surface area contributed by atoms with Gasteiger partial charge in [0.15, 0.2) is 11.0 Å². The van der Waals surface area contributed by atoms with Gasteiger partial charge in [-0.05, 0) is 37.1 Å². The fourth-order valence-corrected chi connectivity index (χ4v) is 4.08. The van der Waals surface area contributed by atoms with Crippen molar-refractivity contribution in [2.24, 2.45) is 0 Å². The van der Waals surface area contributed by atoms with E-state index in [-0.39, 0.29) is 17.3 Å². The SMILES string of the molecule is Cc1cccc(C)c1NC(=O)CSc1nnc(-c2ccccc2)n1-c1ccc(F)cc1F. The summed E-state index contributed by atoms with van der Waals surface area (Å²) >= 11 is 1.13. The number of hydrogen-bond donors (Lipinski definition) is 1. The van der Waals surface area contributed by atoms with Gasteiger partial charge in [-0.3, -0.25) is 9.36 Å². The summed E-state index contributed by atoms with van der Waals surface area (Å²) in [5, 5.41) is 11.6. The van der Waals surface area contributed by atoms with Gasteiger partial charge in [0.2, 0.25) is 5.91 Å². The van der Waals surface area contributed by atoms with E-state index in [4.69, 9.17) is 0 Å². The molecule has 4 aromatic rings. The van der Waals surface area contributed by atoms with Crippen LogP contribution in [-0.2, 0) is 4.79 Å². The molecule has 3 aromatic carbocycles. The first-order chi connectivity index (χ1) is 15.4. The van der Waals surface area contributed by atoms with Gasteiger partial charge < -0.3 is 5.32 Å². The maximum atomic E-state index is 14.7. The first kappa shape index (κ1) is 21.7. The highest BCUT2D eigenvalue weighted by atomic mass is 32.2.